The van der Waals surface area contributed by atoms with Crippen LogP contribution in [-0.2, 0) is 9.59 Å². The van der Waals surface area contributed by atoms with Crippen LogP contribution in [0.2, 0.25) is 5.02 Å². The number of hydrogen-bond acceptors (Lipinski definition) is 3. The fourth-order valence-electron chi connectivity index (χ4n) is 2.86. The lowest BCUT2D eigenvalue weighted by Crippen LogP contribution is -2.47. The van der Waals surface area contributed by atoms with Crippen LogP contribution >= 0.6 is 23.4 Å². The number of hydrogen-bond donors (Lipinski definition) is 2. The summed E-state index contributed by atoms with van der Waals surface area (Å²) in [6.07, 6.45) is 3.82. The second kappa shape index (κ2) is 7.88. The third kappa shape index (κ3) is 4.92. The van der Waals surface area contributed by atoms with Crippen LogP contribution in [-0.4, -0.2) is 28.3 Å². The Morgan fingerprint density at radius 3 is 2.59 bits per heavy atom. The van der Waals surface area contributed by atoms with Crippen molar-refractivity contribution < 1.29 is 14.7 Å². The Morgan fingerprint density at radius 2 is 1.95 bits per heavy atom. The summed E-state index contributed by atoms with van der Waals surface area (Å²) in [6.45, 7) is 0. The second-order valence-corrected chi connectivity index (χ2v) is 7.18. The van der Waals surface area contributed by atoms with Crippen LogP contribution in [0.4, 0.5) is 0 Å². The molecule has 0 spiro atoms. The smallest absolute Gasteiger partial charge is 0.305 e. The van der Waals surface area contributed by atoms with E-state index in [1.807, 2.05) is 24.3 Å². The molecule has 120 valence electrons. The van der Waals surface area contributed by atoms with Gasteiger partial charge in [0.1, 0.15) is 0 Å². The molecule has 1 saturated carbocycles. The van der Waals surface area contributed by atoms with Crippen molar-refractivity contribution in [2.75, 3.05) is 5.75 Å². The molecular formula is C16H20ClNO3S. The first-order valence-electron chi connectivity index (χ1n) is 7.41. The Kier molecular flexibility index (Phi) is 6.15. The molecule has 0 unspecified atom stereocenters. The molecule has 2 N–H and O–H groups in total. The zero-order chi connectivity index (χ0) is 16.0. The van der Waals surface area contributed by atoms with E-state index in [2.05, 4.69) is 5.32 Å². The van der Waals surface area contributed by atoms with Gasteiger partial charge in [0.15, 0.2) is 0 Å². The molecule has 2 rings (SSSR count). The van der Waals surface area contributed by atoms with E-state index in [1.165, 1.54) is 11.8 Å². The van der Waals surface area contributed by atoms with Crippen LogP contribution in [0.15, 0.2) is 29.2 Å². The Labute approximate surface area is 139 Å². The minimum absolute atomic E-state index is 0.0103. The third-order valence-corrected chi connectivity index (χ3v) is 5.40. The summed E-state index contributed by atoms with van der Waals surface area (Å²) >= 11 is 7.61. The number of carbonyl (C=O) groups is 2. The average Bonchev–Trinajstić information content (AvgIpc) is 2.88. The number of rotatable bonds is 7. The number of carboxylic acid groups (broad SMARTS) is 1. The van der Waals surface area contributed by atoms with E-state index in [-0.39, 0.29) is 12.3 Å². The van der Waals surface area contributed by atoms with Crippen molar-refractivity contribution in [3.05, 3.63) is 29.3 Å². The van der Waals surface area contributed by atoms with E-state index in [4.69, 9.17) is 16.7 Å². The summed E-state index contributed by atoms with van der Waals surface area (Å²) in [5, 5.41) is 12.7. The van der Waals surface area contributed by atoms with Crippen LogP contribution in [0.5, 0.6) is 0 Å². The number of halogens is 1. The Balaban J connectivity index is 1.82. The van der Waals surface area contributed by atoms with E-state index >= 15 is 0 Å². The lowest BCUT2D eigenvalue weighted by atomic mass is 9.93. The summed E-state index contributed by atoms with van der Waals surface area (Å²) in [5.74, 6) is -0.311. The van der Waals surface area contributed by atoms with Gasteiger partial charge in [-0.1, -0.05) is 36.6 Å². The fourth-order valence-corrected chi connectivity index (χ4v) is 4.05. The third-order valence-electron chi connectivity index (χ3n) is 3.88. The van der Waals surface area contributed by atoms with Gasteiger partial charge < -0.3 is 10.4 Å². The van der Waals surface area contributed by atoms with Gasteiger partial charge in [-0.2, -0.15) is 0 Å². The summed E-state index contributed by atoms with van der Waals surface area (Å²) in [4.78, 5) is 24.1. The van der Waals surface area contributed by atoms with Gasteiger partial charge in [-0.05, 0) is 25.0 Å². The quantitative estimate of drug-likeness (QED) is 0.742. The van der Waals surface area contributed by atoms with Gasteiger partial charge in [-0.25, -0.2) is 0 Å². The highest BCUT2D eigenvalue weighted by Crippen LogP contribution is 2.33. The van der Waals surface area contributed by atoms with E-state index in [0.717, 1.165) is 30.6 Å². The first-order valence-corrected chi connectivity index (χ1v) is 8.77. The zero-order valence-electron chi connectivity index (χ0n) is 12.3. The number of carbonyl (C=O) groups excluding carboxylic acids is 1. The largest absolute Gasteiger partial charge is 0.481 e. The normalized spacial score (nSPS) is 16.4. The lowest BCUT2D eigenvalue weighted by molar-refractivity contribution is -0.139. The number of amides is 1. The first kappa shape index (κ1) is 17.2. The Bertz CT molecular complexity index is 544. The van der Waals surface area contributed by atoms with Gasteiger partial charge in [0, 0.05) is 17.1 Å². The molecule has 0 bridgehead atoms. The van der Waals surface area contributed by atoms with Crippen molar-refractivity contribution in [2.24, 2.45) is 0 Å². The van der Waals surface area contributed by atoms with Crippen molar-refractivity contribution in [1.29, 1.82) is 0 Å². The first-order chi connectivity index (χ1) is 10.5. The zero-order valence-corrected chi connectivity index (χ0v) is 13.9. The van der Waals surface area contributed by atoms with E-state index < -0.39 is 11.5 Å². The van der Waals surface area contributed by atoms with Gasteiger partial charge in [-0.15, -0.1) is 11.8 Å². The van der Waals surface area contributed by atoms with Crippen molar-refractivity contribution in [3.63, 3.8) is 0 Å². The average molecular weight is 342 g/mol. The SMILES string of the molecule is O=C(O)CC1(NC(=O)CCSc2ccccc2Cl)CCCC1. The summed E-state index contributed by atoms with van der Waals surface area (Å²) in [7, 11) is 0. The number of aliphatic carboxylic acids is 1. The number of nitrogens with one attached hydrogen (secondary N) is 1. The second-order valence-electron chi connectivity index (χ2n) is 5.64. The maximum absolute atomic E-state index is 12.1. The number of carboxylic acids is 1. The molecule has 0 saturated heterocycles. The van der Waals surface area contributed by atoms with Crippen LogP contribution in [0, 0.1) is 0 Å². The van der Waals surface area contributed by atoms with Gasteiger partial charge >= 0.3 is 5.97 Å². The van der Waals surface area contributed by atoms with Crippen molar-refractivity contribution in [2.45, 2.75) is 49.0 Å². The van der Waals surface area contributed by atoms with E-state index in [0.29, 0.717) is 17.2 Å². The molecule has 0 atom stereocenters. The standard InChI is InChI=1S/C16H20ClNO3S/c17-12-5-1-2-6-13(12)22-10-7-14(19)18-16(11-15(20)21)8-3-4-9-16/h1-2,5-6H,3-4,7-11H2,(H,18,19)(H,20,21). The van der Waals surface area contributed by atoms with Crippen LogP contribution < -0.4 is 5.32 Å². The maximum atomic E-state index is 12.1. The lowest BCUT2D eigenvalue weighted by Gasteiger charge is -2.28. The van der Waals surface area contributed by atoms with E-state index in [9.17, 15) is 9.59 Å². The molecule has 6 heteroatoms. The van der Waals surface area contributed by atoms with Crippen LogP contribution in [0.1, 0.15) is 38.5 Å². The van der Waals surface area contributed by atoms with Crippen LogP contribution in [0.25, 0.3) is 0 Å². The van der Waals surface area contributed by atoms with Crippen molar-refractivity contribution in [3.8, 4) is 0 Å². The molecule has 0 aromatic heterocycles. The number of benzene rings is 1. The van der Waals surface area contributed by atoms with Gasteiger partial charge in [0.25, 0.3) is 0 Å². The highest BCUT2D eigenvalue weighted by Gasteiger charge is 2.37. The van der Waals surface area contributed by atoms with Crippen molar-refractivity contribution >= 4 is 35.2 Å². The molecule has 0 aliphatic heterocycles. The van der Waals surface area contributed by atoms with Crippen LogP contribution in [0.3, 0.4) is 0 Å². The minimum Gasteiger partial charge on any atom is -0.481 e. The Morgan fingerprint density at radius 1 is 1.27 bits per heavy atom. The van der Waals surface area contributed by atoms with Gasteiger partial charge in [0.2, 0.25) is 5.91 Å². The molecule has 0 radical (unpaired) electrons. The molecule has 1 aromatic carbocycles. The molecule has 0 heterocycles. The number of thioether (sulfide) groups is 1. The van der Waals surface area contributed by atoms with Crippen molar-refractivity contribution in [1.82, 2.24) is 5.32 Å². The highest BCUT2D eigenvalue weighted by molar-refractivity contribution is 7.99. The molecule has 1 amide bonds. The fraction of sp³-hybridized carbons (Fsp3) is 0.500. The monoisotopic (exact) mass is 341 g/mol. The predicted molar refractivity (Wildman–Crippen MR) is 88.4 cm³/mol. The molecular weight excluding hydrogens is 322 g/mol. The summed E-state index contributed by atoms with van der Waals surface area (Å²) in [6, 6.07) is 7.53. The summed E-state index contributed by atoms with van der Waals surface area (Å²) < 4.78 is 0. The minimum atomic E-state index is -0.854. The summed E-state index contributed by atoms with van der Waals surface area (Å²) in [5.41, 5.74) is -0.544. The molecule has 1 aliphatic carbocycles. The molecule has 22 heavy (non-hydrogen) atoms. The Hall–Kier alpha value is -1.20. The van der Waals surface area contributed by atoms with E-state index in [1.54, 1.807) is 0 Å². The topological polar surface area (TPSA) is 66.4 Å². The maximum Gasteiger partial charge on any atom is 0.305 e. The van der Waals surface area contributed by atoms with Gasteiger partial charge in [0.05, 0.1) is 17.0 Å². The molecule has 1 aliphatic rings. The molecule has 1 aromatic rings. The molecule has 1 fully saturated rings. The highest BCUT2D eigenvalue weighted by atomic mass is 35.5. The molecule has 4 nitrogen and oxygen atoms in total. The van der Waals surface area contributed by atoms with Gasteiger partial charge in [-0.3, -0.25) is 9.59 Å². The predicted octanol–water partition coefficient (Wildman–Crippen LogP) is 3.73.